The maximum Gasteiger partial charge on any atom is 0.253 e. The number of hydrogen-bond acceptors (Lipinski definition) is 6. The van der Waals surface area contributed by atoms with E-state index in [4.69, 9.17) is 17.0 Å². The Bertz CT molecular complexity index is 980. The minimum Gasteiger partial charge on any atom is -0.355 e. The Labute approximate surface area is 186 Å². The molecule has 0 radical (unpaired) electrons. The summed E-state index contributed by atoms with van der Waals surface area (Å²) >= 11 is 6.25. The van der Waals surface area contributed by atoms with Gasteiger partial charge in [0, 0.05) is 38.8 Å². The minimum absolute atomic E-state index is 0.00895. The van der Waals surface area contributed by atoms with Gasteiger partial charge in [-0.05, 0) is 25.7 Å². The SMILES string of the molecule is CCN(C)CC(=N)CC(=NC)Nc1cc(Nc2c(F)cccc2C(=O)NC)c(Cl)cn1. The van der Waals surface area contributed by atoms with Crippen molar-refractivity contribution in [3.63, 3.8) is 0 Å². The molecule has 4 N–H and O–H groups in total. The quantitative estimate of drug-likeness (QED) is 0.346. The molecule has 31 heavy (non-hydrogen) atoms. The first kappa shape index (κ1) is 24.2. The van der Waals surface area contributed by atoms with E-state index < -0.39 is 11.7 Å². The third-order valence-corrected chi connectivity index (χ3v) is 4.83. The predicted octanol–water partition coefficient (Wildman–Crippen LogP) is 3.78. The smallest absolute Gasteiger partial charge is 0.253 e. The Hall–Kier alpha value is -3.04. The number of aliphatic imine (C=N–C) groups is 1. The van der Waals surface area contributed by atoms with Gasteiger partial charge in [0.2, 0.25) is 0 Å². The number of amides is 1. The first-order valence-electron chi connectivity index (χ1n) is 9.69. The third kappa shape index (κ3) is 6.73. The minimum atomic E-state index is -0.590. The summed E-state index contributed by atoms with van der Waals surface area (Å²) in [6, 6.07) is 5.82. The number of amidine groups is 1. The van der Waals surface area contributed by atoms with E-state index in [1.54, 1.807) is 13.1 Å². The normalized spacial score (nSPS) is 11.4. The van der Waals surface area contributed by atoms with Crippen LogP contribution in [0.4, 0.5) is 21.6 Å². The highest BCUT2D eigenvalue weighted by Crippen LogP contribution is 2.30. The fourth-order valence-electron chi connectivity index (χ4n) is 2.74. The molecule has 0 aliphatic carbocycles. The molecule has 10 heteroatoms. The molecule has 8 nitrogen and oxygen atoms in total. The van der Waals surface area contributed by atoms with E-state index in [0.29, 0.717) is 36.0 Å². The number of nitrogens with one attached hydrogen (secondary N) is 4. The van der Waals surface area contributed by atoms with Crippen molar-refractivity contribution in [2.45, 2.75) is 13.3 Å². The Morgan fingerprint density at radius 2 is 2.13 bits per heavy atom. The van der Waals surface area contributed by atoms with Crippen molar-refractivity contribution in [1.82, 2.24) is 15.2 Å². The summed E-state index contributed by atoms with van der Waals surface area (Å²) in [6.07, 6.45) is 1.75. The number of hydrogen-bond donors (Lipinski definition) is 4. The Kier molecular flexibility index (Phi) is 8.89. The highest BCUT2D eigenvalue weighted by atomic mass is 35.5. The molecule has 2 rings (SSSR count). The maximum atomic E-state index is 14.4. The molecule has 0 saturated heterocycles. The number of benzene rings is 1. The molecule has 1 aromatic carbocycles. The number of halogens is 2. The molecule has 1 aromatic heterocycles. The van der Waals surface area contributed by atoms with Crippen LogP contribution in [0.15, 0.2) is 35.5 Å². The number of para-hydroxylation sites is 1. The monoisotopic (exact) mass is 447 g/mol. The summed E-state index contributed by atoms with van der Waals surface area (Å²) in [7, 11) is 5.04. The van der Waals surface area contributed by atoms with Gasteiger partial charge in [-0.1, -0.05) is 24.6 Å². The summed E-state index contributed by atoms with van der Waals surface area (Å²) in [5.41, 5.74) is 1.03. The van der Waals surface area contributed by atoms with E-state index in [2.05, 4.69) is 25.9 Å². The van der Waals surface area contributed by atoms with Gasteiger partial charge in [0.25, 0.3) is 5.91 Å². The van der Waals surface area contributed by atoms with Crippen molar-refractivity contribution >= 4 is 46.2 Å². The number of pyridine rings is 1. The standard InChI is InChI=1S/C21H27ClFN7O/c1-5-30(4)12-13(24)9-18(25-2)29-19-10-17(15(22)11-27-19)28-20-14(21(31)26-3)7-6-8-16(20)23/h6-8,10-11,24H,5,9,12H2,1-4H3,(H,26,31)(H2,25,27,28,29). The fraction of sp³-hybridized carbons (Fsp3) is 0.333. The maximum absolute atomic E-state index is 14.4. The van der Waals surface area contributed by atoms with Crippen LogP contribution in [0.2, 0.25) is 5.02 Å². The molecule has 0 aliphatic heterocycles. The molecular weight excluding hydrogens is 421 g/mol. The molecule has 0 spiro atoms. The average Bonchev–Trinajstić information content (AvgIpc) is 2.75. The summed E-state index contributed by atoms with van der Waals surface area (Å²) in [5.74, 6) is -0.0384. The number of nitrogens with zero attached hydrogens (tertiary/aromatic N) is 3. The van der Waals surface area contributed by atoms with Crippen LogP contribution >= 0.6 is 11.6 Å². The van der Waals surface area contributed by atoms with Gasteiger partial charge in [-0.25, -0.2) is 9.37 Å². The van der Waals surface area contributed by atoms with Crippen LogP contribution in [-0.2, 0) is 0 Å². The predicted molar refractivity (Wildman–Crippen MR) is 125 cm³/mol. The lowest BCUT2D eigenvalue weighted by Gasteiger charge is -2.17. The van der Waals surface area contributed by atoms with Crippen LogP contribution in [0, 0.1) is 11.2 Å². The zero-order valence-electron chi connectivity index (χ0n) is 18.0. The number of aromatic nitrogens is 1. The fourth-order valence-corrected chi connectivity index (χ4v) is 2.89. The number of anilines is 3. The molecule has 166 valence electrons. The molecular formula is C21H27ClFN7O. The van der Waals surface area contributed by atoms with E-state index in [1.807, 2.05) is 18.9 Å². The second-order valence-electron chi connectivity index (χ2n) is 6.82. The van der Waals surface area contributed by atoms with Crippen molar-refractivity contribution in [1.29, 1.82) is 5.41 Å². The van der Waals surface area contributed by atoms with Crippen molar-refractivity contribution in [2.24, 2.45) is 4.99 Å². The lowest BCUT2D eigenvalue weighted by Crippen LogP contribution is -2.28. The molecule has 1 amide bonds. The number of rotatable bonds is 9. The van der Waals surface area contributed by atoms with E-state index in [-0.39, 0.29) is 16.3 Å². The van der Waals surface area contributed by atoms with E-state index >= 15 is 0 Å². The zero-order valence-corrected chi connectivity index (χ0v) is 18.8. The molecule has 0 unspecified atom stereocenters. The van der Waals surface area contributed by atoms with Crippen LogP contribution in [0.3, 0.4) is 0 Å². The van der Waals surface area contributed by atoms with Crippen LogP contribution in [-0.4, -0.2) is 61.6 Å². The first-order chi connectivity index (χ1) is 14.8. The summed E-state index contributed by atoms with van der Waals surface area (Å²) < 4.78 is 14.4. The molecule has 0 saturated carbocycles. The van der Waals surface area contributed by atoms with Gasteiger partial charge in [-0.3, -0.25) is 9.79 Å². The Morgan fingerprint density at radius 3 is 2.77 bits per heavy atom. The van der Waals surface area contributed by atoms with E-state index in [0.717, 1.165) is 6.54 Å². The second-order valence-corrected chi connectivity index (χ2v) is 7.23. The third-order valence-electron chi connectivity index (χ3n) is 4.52. The summed E-state index contributed by atoms with van der Waals surface area (Å²) in [6.45, 7) is 3.40. The number of carbonyl (C=O) groups is 1. The van der Waals surface area contributed by atoms with Crippen molar-refractivity contribution < 1.29 is 9.18 Å². The zero-order chi connectivity index (χ0) is 23.0. The Balaban J connectivity index is 2.23. The topological polar surface area (TPSA) is 106 Å². The van der Waals surface area contributed by atoms with Crippen LogP contribution in [0.5, 0.6) is 0 Å². The molecule has 0 aliphatic rings. The van der Waals surface area contributed by atoms with Gasteiger partial charge in [0.05, 0.1) is 28.2 Å². The second kappa shape index (κ2) is 11.4. The van der Waals surface area contributed by atoms with Gasteiger partial charge in [-0.2, -0.15) is 0 Å². The summed E-state index contributed by atoms with van der Waals surface area (Å²) in [5, 5.41) is 16.9. The van der Waals surface area contributed by atoms with E-state index in [1.165, 1.54) is 31.4 Å². The van der Waals surface area contributed by atoms with Crippen molar-refractivity contribution in [3.05, 3.63) is 46.9 Å². The van der Waals surface area contributed by atoms with Gasteiger partial charge >= 0.3 is 0 Å². The van der Waals surface area contributed by atoms with E-state index in [9.17, 15) is 9.18 Å². The average molecular weight is 448 g/mol. The molecule has 0 atom stereocenters. The van der Waals surface area contributed by atoms with Gasteiger partial charge in [-0.15, -0.1) is 0 Å². The highest BCUT2D eigenvalue weighted by Gasteiger charge is 2.16. The molecule has 0 fully saturated rings. The van der Waals surface area contributed by atoms with Gasteiger partial charge < -0.3 is 26.3 Å². The highest BCUT2D eigenvalue weighted by molar-refractivity contribution is 6.33. The largest absolute Gasteiger partial charge is 0.355 e. The molecule has 1 heterocycles. The van der Waals surface area contributed by atoms with Crippen LogP contribution in [0.1, 0.15) is 23.7 Å². The van der Waals surface area contributed by atoms with Crippen molar-refractivity contribution in [2.75, 3.05) is 44.9 Å². The molecule has 0 bridgehead atoms. The lowest BCUT2D eigenvalue weighted by atomic mass is 10.1. The van der Waals surface area contributed by atoms with Crippen LogP contribution < -0.4 is 16.0 Å². The van der Waals surface area contributed by atoms with Crippen LogP contribution in [0.25, 0.3) is 0 Å². The lowest BCUT2D eigenvalue weighted by molar-refractivity contribution is 0.0963. The number of carbonyl (C=O) groups excluding carboxylic acids is 1. The van der Waals surface area contributed by atoms with Gasteiger partial charge in [0.15, 0.2) is 0 Å². The Morgan fingerprint density at radius 1 is 1.39 bits per heavy atom. The first-order valence-corrected chi connectivity index (χ1v) is 10.1. The van der Waals surface area contributed by atoms with Crippen molar-refractivity contribution in [3.8, 4) is 0 Å². The van der Waals surface area contributed by atoms with Gasteiger partial charge in [0.1, 0.15) is 17.5 Å². The molecule has 2 aromatic rings. The summed E-state index contributed by atoms with van der Waals surface area (Å²) in [4.78, 5) is 22.5.